The van der Waals surface area contributed by atoms with Crippen LogP contribution in [0, 0.1) is 5.82 Å². The van der Waals surface area contributed by atoms with Gasteiger partial charge in [-0.15, -0.1) is 0 Å². The van der Waals surface area contributed by atoms with Gasteiger partial charge in [-0.2, -0.15) is 0 Å². The van der Waals surface area contributed by atoms with Gasteiger partial charge in [0.15, 0.2) is 17.4 Å². The van der Waals surface area contributed by atoms with Gasteiger partial charge in [-0.1, -0.05) is 36.6 Å². The van der Waals surface area contributed by atoms with Crippen molar-refractivity contribution in [3.05, 3.63) is 58.3 Å². The zero-order valence-corrected chi connectivity index (χ0v) is 16.7. The van der Waals surface area contributed by atoms with Gasteiger partial charge >= 0.3 is 5.76 Å². The molecular weight excluding hydrogens is 411 g/mol. The number of ether oxygens (including phenoxy) is 1. The maximum absolute atomic E-state index is 14.8. The van der Waals surface area contributed by atoms with E-state index in [2.05, 4.69) is 14.7 Å². The van der Waals surface area contributed by atoms with Crippen molar-refractivity contribution in [2.24, 2.45) is 4.99 Å². The van der Waals surface area contributed by atoms with Crippen LogP contribution in [0.1, 0.15) is 37.7 Å². The molecule has 0 radical (unpaired) electrons. The Labute approximate surface area is 176 Å². The molecule has 1 saturated carbocycles. The predicted molar refractivity (Wildman–Crippen MR) is 111 cm³/mol. The number of H-pyrrole nitrogens is 1. The third-order valence-electron chi connectivity index (χ3n) is 5.66. The summed E-state index contributed by atoms with van der Waals surface area (Å²) in [6, 6.07) is 9.88. The monoisotopic (exact) mass is 428 g/mol. The van der Waals surface area contributed by atoms with Crippen LogP contribution >= 0.6 is 11.8 Å². The molecule has 2 heterocycles. The topological polar surface area (TPSA) is 83.7 Å². The highest BCUT2D eigenvalue weighted by Gasteiger charge is 2.41. The number of anilines is 1. The summed E-state index contributed by atoms with van der Waals surface area (Å²) >= 11 is 6.38. The average Bonchev–Trinajstić information content (AvgIpc) is 3.19. The standard InChI is InChI=1S/C21H18ClFN4O3/c22-27-12-24-21(10-2-1-3-11-21)17-15(27)8-5-9-16(17)29-18-13(6-4-7-14(18)23)19-25-20(28)30-26-19/h4-9,12H,1-3,10-11H2,(H,25,26,28). The number of fused-ring (bicyclic) bond motifs is 2. The molecule has 5 rings (SSSR count). The number of aromatic nitrogens is 2. The summed E-state index contributed by atoms with van der Waals surface area (Å²) in [7, 11) is 0. The molecule has 0 bridgehead atoms. The molecule has 7 nitrogen and oxygen atoms in total. The van der Waals surface area contributed by atoms with Crippen molar-refractivity contribution >= 4 is 23.8 Å². The lowest BCUT2D eigenvalue weighted by molar-refractivity contribution is 0.295. The third-order valence-corrected chi connectivity index (χ3v) is 5.93. The summed E-state index contributed by atoms with van der Waals surface area (Å²) in [5, 5.41) is 3.67. The van der Waals surface area contributed by atoms with E-state index in [4.69, 9.17) is 21.5 Å². The Hall–Kier alpha value is -3.13. The Bertz CT molecular complexity index is 1180. The second-order valence-electron chi connectivity index (χ2n) is 7.46. The Morgan fingerprint density at radius 2 is 1.97 bits per heavy atom. The van der Waals surface area contributed by atoms with Crippen molar-refractivity contribution in [3.63, 3.8) is 0 Å². The second-order valence-corrected chi connectivity index (χ2v) is 7.82. The van der Waals surface area contributed by atoms with E-state index >= 15 is 0 Å². The van der Waals surface area contributed by atoms with E-state index in [9.17, 15) is 9.18 Å². The highest BCUT2D eigenvalue weighted by Crippen LogP contribution is 2.51. The Morgan fingerprint density at radius 3 is 2.73 bits per heavy atom. The SMILES string of the molecule is O=c1[nH]c(-c2cccc(F)c2Oc2cccc3c2C2(CCCCC2)N=CN3Cl)no1. The quantitative estimate of drug-likeness (QED) is 0.585. The summed E-state index contributed by atoms with van der Waals surface area (Å²) in [6.45, 7) is 0. The number of nitrogens with one attached hydrogen (secondary N) is 1. The van der Waals surface area contributed by atoms with Crippen molar-refractivity contribution in [2.45, 2.75) is 37.6 Å². The van der Waals surface area contributed by atoms with Gasteiger partial charge in [0.25, 0.3) is 0 Å². The van der Waals surface area contributed by atoms with Crippen LogP contribution in [0.4, 0.5) is 10.1 Å². The number of para-hydroxylation sites is 1. The predicted octanol–water partition coefficient (Wildman–Crippen LogP) is 5.12. The second kappa shape index (κ2) is 7.28. The Morgan fingerprint density at radius 1 is 1.17 bits per heavy atom. The Balaban J connectivity index is 1.65. The first-order valence-corrected chi connectivity index (χ1v) is 10.1. The van der Waals surface area contributed by atoms with Gasteiger partial charge in [0.2, 0.25) is 0 Å². The number of hydrogen-bond acceptors (Lipinski definition) is 6. The van der Waals surface area contributed by atoms with Gasteiger partial charge < -0.3 is 4.74 Å². The smallest absolute Gasteiger partial charge is 0.439 e. The normalized spacial score (nSPS) is 17.2. The van der Waals surface area contributed by atoms with E-state index in [0.29, 0.717) is 5.75 Å². The van der Waals surface area contributed by atoms with E-state index in [1.807, 2.05) is 6.07 Å². The molecule has 30 heavy (non-hydrogen) atoms. The van der Waals surface area contributed by atoms with E-state index in [0.717, 1.165) is 43.4 Å². The number of hydrogen-bond donors (Lipinski definition) is 1. The lowest BCUT2D eigenvalue weighted by Crippen LogP contribution is -2.34. The van der Waals surface area contributed by atoms with Crippen LogP contribution in [0.25, 0.3) is 11.4 Å². The fraction of sp³-hybridized carbons (Fsp3) is 0.286. The number of benzene rings is 2. The van der Waals surface area contributed by atoms with E-state index in [1.54, 1.807) is 24.5 Å². The number of halogens is 2. The van der Waals surface area contributed by atoms with Crippen LogP contribution in [-0.2, 0) is 5.54 Å². The molecule has 0 amide bonds. The van der Waals surface area contributed by atoms with Crippen molar-refractivity contribution in [1.29, 1.82) is 0 Å². The van der Waals surface area contributed by atoms with Gasteiger partial charge in [0, 0.05) is 17.3 Å². The fourth-order valence-electron chi connectivity index (χ4n) is 4.31. The largest absolute Gasteiger partial charge is 0.453 e. The van der Waals surface area contributed by atoms with E-state index < -0.39 is 17.1 Å². The van der Waals surface area contributed by atoms with Gasteiger partial charge in [-0.25, -0.2) is 13.6 Å². The van der Waals surface area contributed by atoms with Crippen LogP contribution in [0.5, 0.6) is 11.5 Å². The van der Waals surface area contributed by atoms with Crippen molar-refractivity contribution in [1.82, 2.24) is 10.1 Å². The third kappa shape index (κ3) is 3.08. The Kier molecular flexibility index (Phi) is 4.58. The molecule has 0 unspecified atom stereocenters. The maximum Gasteiger partial charge on any atom is 0.439 e. The molecule has 1 aliphatic heterocycles. The first kappa shape index (κ1) is 18.9. The first-order valence-electron chi connectivity index (χ1n) is 9.74. The lowest BCUT2D eigenvalue weighted by Gasteiger charge is -2.40. The first-order chi connectivity index (χ1) is 14.6. The minimum absolute atomic E-state index is 0.0583. The minimum atomic E-state index is -0.731. The molecule has 3 aromatic rings. The molecule has 1 spiro atoms. The zero-order valence-electron chi connectivity index (χ0n) is 15.9. The summed E-state index contributed by atoms with van der Waals surface area (Å²) < 4.78 is 27.0. The number of rotatable bonds is 3. The van der Waals surface area contributed by atoms with Gasteiger partial charge in [0.05, 0.1) is 16.8 Å². The maximum atomic E-state index is 14.8. The molecule has 1 N–H and O–H groups in total. The van der Waals surface area contributed by atoms with Crippen LogP contribution < -0.4 is 14.9 Å². The van der Waals surface area contributed by atoms with Gasteiger partial charge in [0.1, 0.15) is 12.1 Å². The van der Waals surface area contributed by atoms with Crippen molar-refractivity contribution in [2.75, 3.05) is 4.42 Å². The number of aromatic amines is 1. The highest BCUT2D eigenvalue weighted by atomic mass is 35.5. The van der Waals surface area contributed by atoms with Gasteiger partial charge in [-0.3, -0.25) is 14.5 Å². The summed E-state index contributed by atoms with van der Waals surface area (Å²) in [4.78, 5) is 18.6. The van der Waals surface area contributed by atoms with Crippen LogP contribution in [0.2, 0.25) is 0 Å². The van der Waals surface area contributed by atoms with Crippen LogP contribution in [0.3, 0.4) is 0 Å². The van der Waals surface area contributed by atoms with E-state index in [1.165, 1.54) is 16.6 Å². The molecule has 154 valence electrons. The molecule has 2 aliphatic rings. The van der Waals surface area contributed by atoms with Gasteiger partial charge in [-0.05, 0) is 37.1 Å². The van der Waals surface area contributed by atoms with Crippen LogP contribution in [-0.4, -0.2) is 16.5 Å². The molecule has 0 saturated heterocycles. The van der Waals surface area contributed by atoms with Crippen molar-refractivity contribution in [3.8, 4) is 22.9 Å². The van der Waals surface area contributed by atoms with E-state index in [-0.39, 0.29) is 17.1 Å². The number of aliphatic imine (C=N–C) groups is 1. The molecule has 1 aromatic heterocycles. The molecule has 0 atom stereocenters. The fourth-order valence-corrected chi connectivity index (χ4v) is 4.49. The molecule has 1 aliphatic carbocycles. The highest BCUT2D eigenvalue weighted by molar-refractivity contribution is 6.34. The summed E-state index contributed by atoms with van der Waals surface area (Å²) in [5.41, 5.74) is 1.42. The molecule has 9 heteroatoms. The summed E-state index contributed by atoms with van der Waals surface area (Å²) in [6.07, 6.45) is 6.59. The molecular formula is C21H18ClFN4O3. The molecule has 1 fully saturated rings. The van der Waals surface area contributed by atoms with Crippen LogP contribution in [0.15, 0.2) is 50.7 Å². The lowest BCUT2D eigenvalue weighted by atomic mass is 9.75. The zero-order chi connectivity index (χ0) is 20.7. The van der Waals surface area contributed by atoms with Crippen molar-refractivity contribution < 1.29 is 13.7 Å². The minimum Gasteiger partial charge on any atom is -0.453 e. The molecule has 2 aromatic carbocycles. The average molecular weight is 429 g/mol. The summed E-state index contributed by atoms with van der Waals surface area (Å²) in [5.74, 6) is -0.825. The number of nitrogens with zero attached hydrogens (tertiary/aromatic N) is 3.